The third-order valence-corrected chi connectivity index (χ3v) is 3.48. The first-order chi connectivity index (χ1) is 8.29. The summed E-state index contributed by atoms with van der Waals surface area (Å²) in [6.45, 7) is 3.27. The zero-order chi connectivity index (χ0) is 12.1. The molecule has 0 aliphatic heterocycles. The Labute approximate surface area is 104 Å². The largest absolute Gasteiger partial charge is 0.310 e. The number of nitrogens with zero attached hydrogens (tertiary/aromatic N) is 1. The van der Waals surface area contributed by atoms with Gasteiger partial charge in [-0.15, -0.1) is 0 Å². The summed E-state index contributed by atoms with van der Waals surface area (Å²) < 4.78 is 0. The van der Waals surface area contributed by atoms with E-state index < -0.39 is 0 Å². The van der Waals surface area contributed by atoms with Gasteiger partial charge in [0.05, 0.1) is 11.6 Å². The van der Waals surface area contributed by atoms with Gasteiger partial charge in [0.1, 0.15) is 0 Å². The van der Waals surface area contributed by atoms with Crippen LogP contribution in [0.15, 0.2) is 24.3 Å². The van der Waals surface area contributed by atoms with Crippen LogP contribution in [0.5, 0.6) is 0 Å². The van der Waals surface area contributed by atoms with E-state index in [0.717, 1.165) is 18.0 Å². The molecular formula is C15H20N2. The van der Waals surface area contributed by atoms with Crippen LogP contribution in [0.4, 0.5) is 0 Å². The summed E-state index contributed by atoms with van der Waals surface area (Å²) in [5.74, 6) is 1.03. The normalized spacial score (nSPS) is 16.5. The predicted octanol–water partition coefficient (Wildman–Crippen LogP) is 3.40. The van der Waals surface area contributed by atoms with Crippen molar-refractivity contribution in [2.45, 2.75) is 38.6 Å². The molecule has 90 valence electrons. The average Bonchev–Trinajstić information content (AvgIpc) is 3.18. The van der Waals surface area contributed by atoms with Crippen LogP contribution in [0, 0.1) is 17.2 Å². The lowest BCUT2D eigenvalue weighted by atomic mass is 10.1. The minimum atomic E-state index is 0.377. The molecule has 2 rings (SSSR count). The Bertz CT molecular complexity index is 384. The predicted molar refractivity (Wildman–Crippen MR) is 69.5 cm³/mol. The van der Waals surface area contributed by atoms with Gasteiger partial charge in [-0.05, 0) is 49.9 Å². The molecule has 0 bridgehead atoms. The molecule has 1 aliphatic carbocycles. The molecule has 0 amide bonds. The highest BCUT2D eigenvalue weighted by Crippen LogP contribution is 2.33. The second-order valence-corrected chi connectivity index (χ2v) is 5.00. The van der Waals surface area contributed by atoms with E-state index in [-0.39, 0.29) is 0 Å². The fraction of sp³-hybridized carbons (Fsp3) is 0.533. The van der Waals surface area contributed by atoms with Crippen LogP contribution in [-0.4, -0.2) is 6.54 Å². The van der Waals surface area contributed by atoms with E-state index in [1.54, 1.807) is 0 Å². The topological polar surface area (TPSA) is 35.8 Å². The molecular weight excluding hydrogens is 208 g/mol. The summed E-state index contributed by atoms with van der Waals surface area (Å²) in [7, 11) is 0. The van der Waals surface area contributed by atoms with Crippen LogP contribution in [-0.2, 0) is 0 Å². The number of nitrogens with one attached hydrogen (secondary N) is 1. The molecule has 1 N–H and O–H groups in total. The Balaban J connectivity index is 1.73. The van der Waals surface area contributed by atoms with E-state index in [9.17, 15) is 0 Å². The van der Waals surface area contributed by atoms with Gasteiger partial charge in [0.25, 0.3) is 0 Å². The number of benzene rings is 1. The molecule has 17 heavy (non-hydrogen) atoms. The molecule has 2 nitrogen and oxygen atoms in total. The van der Waals surface area contributed by atoms with Crippen LogP contribution in [0.3, 0.4) is 0 Å². The highest BCUT2D eigenvalue weighted by atomic mass is 14.9. The molecule has 1 aromatic rings. The van der Waals surface area contributed by atoms with Crippen LogP contribution >= 0.6 is 0 Å². The molecule has 1 fully saturated rings. The van der Waals surface area contributed by atoms with Crippen LogP contribution in [0.2, 0.25) is 0 Å². The minimum absolute atomic E-state index is 0.377. The van der Waals surface area contributed by atoms with E-state index in [1.807, 2.05) is 24.3 Å². The lowest BCUT2D eigenvalue weighted by molar-refractivity contribution is 0.533. The lowest BCUT2D eigenvalue weighted by Crippen LogP contribution is -2.19. The van der Waals surface area contributed by atoms with Crippen molar-refractivity contribution in [1.82, 2.24) is 5.32 Å². The Hall–Kier alpha value is -1.33. The van der Waals surface area contributed by atoms with E-state index in [0.29, 0.717) is 6.04 Å². The number of hydrogen-bond donors (Lipinski definition) is 1. The summed E-state index contributed by atoms with van der Waals surface area (Å²) in [5, 5.41) is 12.3. The summed E-state index contributed by atoms with van der Waals surface area (Å²) in [5.41, 5.74) is 1.99. The van der Waals surface area contributed by atoms with Gasteiger partial charge in [-0.25, -0.2) is 0 Å². The zero-order valence-corrected chi connectivity index (χ0v) is 10.4. The average molecular weight is 228 g/mol. The summed E-state index contributed by atoms with van der Waals surface area (Å²) in [6.07, 6.45) is 5.56. The summed E-state index contributed by atoms with van der Waals surface area (Å²) >= 11 is 0. The molecule has 1 aliphatic rings. The molecule has 0 aromatic heterocycles. The van der Waals surface area contributed by atoms with Crippen molar-refractivity contribution in [2.75, 3.05) is 6.54 Å². The smallest absolute Gasteiger partial charge is 0.0991 e. The first kappa shape index (κ1) is 12.1. The fourth-order valence-corrected chi connectivity index (χ4v) is 2.08. The van der Waals surface area contributed by atoms with Crippen molar-refractivity contribution in [3.05, 3.63) is 35.4 Å². The standard InChI is InChI=1S/C15H20N2/c1-12(17-10-2-3-13-4-5-13)15-8-6-14(11-16)7-9-15/h6-9,12-13,17H,2-5,10H2,1H3. The number of nitriles is 1. The first-order valence-corrected chi connectivity index (χ1v) is 6.53. The third kappa shape index (κ3) is 3.87. The van der Waals surface area contributed by atoms with Crippen LogP contribution in [0.25, 0.3) is 0 Å². The fourth-order valence-electron chi connectivity index (χ4n) is 2.08. The van der Waals surface area contributed by atoms with E-state index in [2.05, 4.69) is 18.3 Å². The highest BCUT2D eigenvalue weighted by Gasteiger charge is 2.20. The van der Waals surface area contributed by atoms with Crippen molar-refractivity contribution in [3.8, 4) is 6.07 Å². The van der Waals surface area contributed by atoms with Gasteiger partial charge in [-0.1, -0.05) is 25.0 Å². The van der Waals surface area contributed by atoms with Crippen LogP contribution in [0.1, 0.15) is 49.8 Å². The number of hydrogen-bond acceptors (Lipinski definition) is 2. The third-order valence-electron chi connectivity index (χ3n) is 3.48. The summed E-state index contributed by atoms with van der Waals surface area (Å²) in [6, 6.07) is 10.4. The van der Waals surface area contributed by atoms with Gasteiger partial charge in [0.2, 0.25) is 0 Å². The maximum Gasteiger partial charge on any atom is 0.0991 e. The van der Waals surface area contributed by atoms with Crippen LogP contribution < -0.4 is 5.32 Å². The highest BCUT2D eigenvalue weighted by molar-refractivity contribution is 5.32. The monoisotopic (exact) mass is 228 g/mol. The molecule has 0 radical (unpaired) electrons. The van der Waals surface area contributed by atoms with Crippen molar-refractivity contribution >= 4 is 0 Å². The quantitative estimate of drug-likeness (QED) is 0.757. The van der Waals surface area contributed by atoms with Crippen molar-refractivity contribution < 1.29 is 0 Å². The van der Waals surface area contributed by atoms with Crippen molar-refractivity contribution in [3.63, 3.8) is 0 Å². The first-order valence-electron chi connectivity index (χ1n) is 6.53. The Kier molecular flexibility index (Phi) is 4.17. The van der Waals surface area contributed by atoms with Gasteiger partial charge >= 0.3 is 0 Å². The van der Waals surface area contributed by atoms with Crippen molar-refractivity contribution in [2.24, 2.45) is 5.92 Å². The minimum Gasteiger partial charge on any atom is -0.310 e. The second kappa shape index (κ2) is 5.84. The van der Waals surface area contributed by atoms with Gasteiger partial charge in [-0.2, -0.15) is 5.26 Å². The number of rotatable bonds is 6. The SMILES string of the molecule is CC(NCCCC1CC1)c1ccc(C#N)cc1. The Morgan fingerprint density at radius 2 is 2.06 bits per heavy atom. The molecule has 0 saturated heterocycles. The molecule has 0 spiro atoms. The molecule has 2 heteroatoms. The second-order valence-electron chi connectivity index (χ2n) is 5.00. The molecule has 1 aromatic carbocycles. The van der Waals surface area contributed by atoms with E-state index in [4.69, 9.17) is 5.26 Å². The van der Waals surface area contributed by atoms with Gasteiger partial charge in [-0.3, -0.25) is 0 Å². The Morgan fingerprint density at radius 3 is 2.65 bits per heavy atom. The maximum atomic E-state index is 8.73. The van der Waals surface area contributed by atoms with E-state index >= 15 is 0 Å². The van der Waals surface area contributed by atoms with Crippen molar-refractivity contribution in [1.29, 1.82) is 5.26 Å². The lowest BCUT2D eigenvalue weighted by Gasteiger charge is -2.14. The Morgan fingerprint density at radius 1 is 1.35 bits per heavy atom. The summed E-state index contributed by atoms with van der Waals surface area (Å²) in [4.78, 5) is 0. The molecule has 1 saturated carbocycles. The zero-order valence-electron chi connectivity index (χ0n) is 10.4. The molecule has 1 atom stereocenters. The van der Waals surface area contributed by atoms with Gasteiger partial charge in [0, 0.05) is 6.04 Å². The van der Waals surface area contributed by atoms with Gasteiger partial charge in [0.15, 0.2) is 0 Å². The maximum absolute atomic E-state index is 8.73. The molecule has 0 heterocycles. The van der Waals surface area contributed by atoms with E-state index in [1.165, 1.54) is 31.2 Å². The molecule has 1 unspecified atom stereocenters. The van der Waals surface area contributed by atoms with Gasteiger partial charge < -0.3 is 5.32 Å².